The van der Waals surface area contributed by atoms with Gasteiger partial charge in [0.25, 0.3) is 0 Å². The predicted octanol–water partition coefficient (Wildman–Crippen LogP) is 4.04. The van der Waals surface area contributed by atoms with Crippen molar-refractivity contribution in [2.24, 2.45) is 0 Å². The van der Waals surface area contributed by atoms with E-state index in [2.05, 4.69) is 6.92 Å². The average Bonchev–Trinajstić information content (AvgIpc) is 2.56. The molecule has 2 atom stereocenters. The summed E-state index contributed by atoms with van der Waals surface area (Å²) in [5, 5.41) is 10.9. The Bertz CT molecular complexity index is 467. The first-order chi connectivity index (χ1) is 13.6. The lowest BCUT2D eigenvalue weighted by Crippen LogP contribution is -2.44. The molecule has 0 spiro atoms. The van der Waals surface area contributed by atoms with E-state index in [1.165, 1.54) is 57.8 Å². The quantitative estimate of drug-likeness (QED) is 0.175. The van der Waals surface area contributed by atoms with E-state index in [-0.39, 0.29) is 13.2 Å². The van der Waals surface area contributed by atoms with Crippen molar-refractivity contribution in [2.45, 2.75) is 96.5 Å². The second kappa shape index (κ2) is 16.3. The molecule has 0 radical (unpaired) electrons. The Labute approximate surface area is 178 Å². The van der Waals surface area contributed by atoms with Crippen molar-refractivity contribution in [3.63, 3.8) is 0 Å². The molecule has 0 aliphatic rings. The topological polar surface area (TPSA) is 95.9 Å². The van der Waals surface area contributed by atoms with Crippen LogP contribution in [-0.2, 0) is 18.4 Å². The number of likely N-dealkylation sites (N-methyl/N-ethyl adjacent to an activating group) is 1. The molecule has 0 aliphatic heterocycles. The van der Waals surface area contributed by atoms with Crippen LogP contribution in [0.2, 0.25) is 0 Å². The minimum absolute atomic E-state index is 0.133. The Balaban J connectivity index is 3.82. The second-order valence-corrected chi connectivity index (χ2v) is 10.4. The van der Waals surface area contributed by atoms with Crippen LogP contribution >= 0.6 is 7.82 Å². The van der Waals surface area contributed by atoms with Gasteiger partial charge >= 0.3 is 7.82 Å². The normalized spacial score (nSPS) is 15.2. The molecule has 0 aromatic rings. The first-order valence-corrected chi connectivity index (χ1v) is 12.7. The number of unbranched alkanes of at least 4 members (excludes halogenated alkanes) is 11. The van der Waals surface area contributed by atoms with E-state index in [1.807, 2.05) is 21.1 Å². The molecule has 1 N–H and O–H groups in total. The number of rotatable bonds is 20. The van der Waals surface area contributed by atoms with Crippen molar-refractivity contribution in [3.8, 4) is 0 Å². The molecule has 0 aromatic heterocycles. The van der Waals surface area contributed by atoms with Gasteiger partial charge in [0.15, 0.2) is 0 Å². The zero-order valence-electron chi connectivity index (χ0n) is 19.1. The lowest BCUT2D eigenvalue weighted by atomic mass is 10.1. The Morgan fingerprint density at radius 2 is 1.38 bits per heavy atom. The number of hydrogen-bond acceptors (Lipinski definition) is 5. The molecular weight excluding hydrogens is 393 g/mol. The van der Waals surface area contributed by atoms with Crippen LogP contribution in [0.5, 0.6) is 0 Å². The maximum atomic E-state index is 12.1. The summed E-state index contributed by atoms with van der Waals surface area (Å²) in [5.74, 6) is -1.32. The molecule has 0 heterocycles. The Kier molecular flexibility index (Phi) is 16.0. The third-order valence-corrected chi connectivity index (χ3v) is 5.75. The number of carbonyl (C=O) groups is 1. The smallest absolute Gasteiger partial charge is 0.472 e. The van der Waals surface area contributed by atoms with E-state index < -0.39 is 26.3 Å². The first kappa shape index (κ1) is 28.5. The van der Waals surface area contributed by atoms with E-state index in [9.17, 15) is 19.4 Å². The van der Waals surface area contributed by atoms with Gasteiger partial charge in [0.2, 0.25) is 0 Å². The number of quaternary nitrogens is 1. The van der Waals surface area contributed by atoms with Gasteiger partial charge in [-0.3, -0.25) is 9.05 Å². The molecule has 0 aromatic carbocycles. The van der Waals surface area contributed by atoms with Gasteiger partial charge in [-0.05, 0) is 6.42 Å². The number of carbonyl (C=O) groups excluding carboxylic acids is 1. The monoisotopic (exact) mass is 437 g/mol. The summed E-state index contributed by atoms with van der Waals surface area (Å²) in [6.45, 7) is 2.63. The molecule has 0 bridgehead atoms. The SMILES string of the molecule is CCCCCCCCCCCCCCOP(=O)(O)O[C@@H](CC(=O)[O-])C[N+](C)(C)C. The van der Waals surface area contributed by atoms with Gasteiger partial charge in [-0.25, -0.2) is 4.57 Å². The number of carboxylic acids is 1. The van der Waals surface area contributed by atoms with Gasteiger partial charge in [0.05, 0.1) is 27.7 Å². The summed E-state index contributed by atoms with van der Waals surface area (Å²) in [6, 6.07) is 0. The van der Waals surface area contributed by atoms with Crippen LogP contribution in [0.15, 0.2) is 0 Å². The maximum Gasteiger partial charge on any atom is 0.472 e. The summed E-state index contributed by atoms with van der Waals surface area (Å²) < 4.78 is 22.6. The minimum atomic E-state index is -4.27. The van der Waals surface area contributed by atoms with Crippen LogP contribution < -0.4 is 5.11 Å². The van der Waals surface area contributed by atoms with Crippen molar-refractivity contribution in [3.05, 3.63) is 0 Å². The van der Waals surface area contributed by atoms with Gasteiger partial charge in [-0.2, -0.15) is 0 Å². The van der Waals surface area contributed by atoms with Gasteiger partial charge in [0, 0.05) is 12.4 Å². The van der Waals surface area contributed by atoms with Crippen molar-refractivity contribution in [2.75, 3.05) is 34.3 Å². The highest BCUT2D eigenvalue weighted by molar-refractivity contribution is 7.47. The van der Waals surface area contributed by atoms with Crippen LogP contribution in [0.3, 0.4) is 0 Å². The lowest BCUT2D eigenvalue weighted by Gasteiger charge is -2.30. The summed E-state index contributed by atoms with van der Waals surface area (Å²) >= 11 is 0. The van der Waals surface area contributed by atoms with Crippen LogP contribution in [0, 0.1) is 0 Å². The van der Waals surface area contributed by atoms with Crippen molar-refractivity contribution < 1.29 is 32.9 Å². The van der Waals surface area contributed by atoms with Crippen molar-refractivity contribution >= 4 is 13.8 Å². The number of hydrogen-bond donors (Lipinski definition) is 1. The molecule has 0 saturated heterocycles. The molecule has 0 aliphatic carbocycles. The Hall–Kier alpha value is -0.460. The summed E-state index contributed by atoms with van der Waals surface area (Å²) in [7, 11) is 1.27. The molecule has 29 heavy (non-hydrogen) atoms. The third-order valence-electron chi connectivity index (χ3n) is 4.68. The van der Waals surface area contributed by atoms with E-state index in [4.69, 9.17) is 9.05 Å². The van der Waals surface area contributed by atoms with Gasteiger partial charge in [0.1, 0.15) is 12.6 Å². The van der Waals surface area contributed by atoms with Gasteiger partial charge < -0.3 is 19.3 Å². The minimum Gasteiger partial charge on any atom is -0.550 e. The summed E-state index contributed by atoms with van der Waals surface area (Å²) in [6.07, 6.45) is 13.1. The molecule has 1 unspecified atom stereocenters. The van der Waals surface area contributed by atoms with Crippen LogP contribution in [0.4, 0.5) is 0 Å². The zero-order chi connectivity index (χ0) is 22.2. The van der Waals surface area contributed by atoms with E-state index >= 15 is 0 Å². The molecule has 8 heteroatoms. The van der Waals surface area contributed by atoms with Gasteiger partial charge in [-0.1, -0.05) is 77.6 Å². The zero-order valence-corrected chi connectivity index (χ0v) is 20.0. The second-order valence-electron chi connectivity index (χ2n) is 8.97. The molecular formula is C21H44NO6P. The number of phosphoric acid groups is 1. The predicted molar refractivity (Wildman–Crippen MR) is 114 cm³/mol. The van der Waals surface area contributed by atoms with Crippen molar-refractivity contribution in [1.82, 2.24) is 0 Å². The fraction of sp³-hybridized carbons (Fsp3) is 0.952. The van der Waals surface area contributed by atoms with E-state index in [1.54, 1.807) is 0 Å². The summed E-state index contributed by atoms with van der Waals surface area (Å²) in [5.41, 5.74) is 0. The number of nitrogens with zero attached hydrogens (tertiary/aromatic N) is 1. The Morgan fingerprint density at radius 3 is 1.79 bits per heavy atom. The highest BCUT2D eigenvalue weighted by Crippen LogP contribution is 2.45. The standard InChI is InChI=1S/C21H44NO6P/c1-5-6-7-8-9-10-11-12-13-14-15-16-17-27-29(25,26)28-20(18-21(23)24)19-22(2,3)4/h20H,5-19H2,1-4H3,(H-,23,24,25,26)/t20-/m0/s1. The van der Waals surface area contributed by atoms with Crippen molar-refractivity contribution in [1.29, 1.82) is 0 Å². The van der Waals surface area contributed by atoms with Crippen LogP contribution in [0.1, 0.15) is 90.4 Å². The third kappa shape index (κ3) is 20.6. The number of carboxylic acid groups (broad SMARTS) is 1. The highest BCUT2D eigenvalue weighted by Gasteiger charge is 2.30. The molecule has 7 nitrogen and oxygen atoms in total. The van der Waals surface area contributed by atoms with Crippen LogP contribution in [-0.4, -0.2) is 55.7 Å². The molecule has 0 saturated carbocycles. The first-order valence-electron chi connectivity index (χ1n) is 11.2. The van der Waals surface area contributed by atoms with Gasteiger partial charge in [-0.15, -0.1) is 0 Å². The number of phosphoric ester groups is 1. The summed E-state index contributed by atoms with van der Waals surface area (Å²) in [4.78, 5) is 20.7. The highest BCUT2D eigenvalue weighted by atomic mass is 31.2. The largest absolute Gasteiger partial charge is 0.550 e. The molecule has 0 rings (SSSR count). The van der Waals surface area contributed by atoms with Crippen LogP contribution in [0.25, 0.3) is 0 Å². The van der Waals surface area contributed by atoms with E-state index in [0.717, 1.165) is 12.8 Å². The average molecular weight is 438 g/mol. The molecule has 0 fully saturated rings. The lowest BCUT2D eigenvalue weighted by molar-refractivity contribution is -0.873. The Morgan fingerprint density at radius 1 is 0.931 bits per heavy atom. The maximum absolute atomic E-state index is 12.1. The number of aliphatic carboxylic acids is 1. The fourth-order valence-corrected chi connectivity index (χ4v) is 4.21. The fourth-order valence-electron chi connectivity index (χ4n) is 3.27. The molecule has 174 valence electrons. The molecule has 0 amide bonds. The van der Waals surface area contributed by atoms with E-state index in [0.29, 0.717) is 10.9 Å².